The second-order valence-corrected chi connectivity index (χ2v) is 7.53. The summed E-state index contributed by atoms with van der Waals surface area (Å²) in [4.78, 5) is 0.103. The molecule has 106 valence electrons. The van der Waals surface area contributed by atoms with E-state index in [1.54, 1.807) is 12.1 Å². The van der Waals surface area contributed by atoms with Crippen molar-refractivity contribution in [2.75, 3.05) is 4.72 Å². The number of aryl methyl sites for hydroxylation is 1. The van der Waals surface area contributed by atoms with Crippen LogP contribution in [0.25, 0.3) is 0 Å². The third-order valence-electron chi connectivity index (χ3n) is 2.55. The fourth-order valence-electron chi connectivity index (χ4n) is 1.59. The van der Waals surface area contributed by atoms with Crippen molar-refractivity contribution in [3.8, 4) is 0 Å². The summed E-state index contributed by atoms with van der Waals surface area (Å²) >= 11 is 6.24. The first kappa shape index (κ1) is 15.5. The van der Waals surface area contributed by atoms with Gasteiger partial charge in [-0.3, -0.25) is 4.72 Å². The summed E-state index contributed by atoms with van der Waals surface area (Å²) in [6, 6.07) is 8.93. The summed E-state index contributed by atoms with van der Waals surface area (Å²) in [6.45, 7) is 1.86. The second kappa shape index (κ2) is 5.83. The van der Waals surface area contributed by atoms with Gasteiger partial charge in [0.1, 0.15) is 10.7 Å². The molecule has 0 heterocycles. The predicted octanol–water partition coefficient (Wildman–Crippen LogP) is 4.46. The molecular weight excluding hydrogens is 413 g/mol. The number of anilines is 1. The van der Waals surface area contributed by atoms with Crippen LogP contribution in [0, 0.1) is 12.7 Å². The molecule has 20 heavy (non-hydrogen) atoms. The average molecular weight is 423 g/mol. The fraction of sp³-hybridized carbons (Fsp3) is 0.0769. The zero-order valence-electron chi connectivity index (χ0n) is 10.3. The first-order chi connectivity index (χ1) is 9.29. The standard InChI is InChI=1S/C13H10Br2FNO2S/c1-8-2-5-13(11(15)6-8)20(18,19)17-9-3-4-10(14)12(16)7-9/h2-7,17H,1H3. The maximum atomic E-state index is 13.4. The molecule has 0 aliphatic heterocycles. The molecule has 0 atom stereocenters. The van der Waals surface area contributed by atoms with E-state index in [-0.39, 0.29) is 15.1 Å². The third kappa shape index (κ3) is 3.39. The normalized spacial score (nSPS) is 11.4. The number of benzene rings is 2. The highest BCUT2D eigenvalue weighted by Crippen LogP contribution is 2.26. The van der Waals surface area contributed by atoms with Crippen LogP contribution < -0.4 is 4.72 Å². The number of hydrogen-bond donors (Lipinski definition) is 1. The molecule has 0 amide bonds. The van der Waals surface area contributed by atoms with Crippen LogP contribution in [0.15, 0.2) is 50.2 Å². The van der Waals surface area contributed by atoms with Gasteiger partial charge in [0.2, 0.25) is 0 Å². The molecule has 0 saturated heterocycles. The van der Waals surface area contributed by atoms with Gasteiger partial charge < -0.3 is 0 Å². The minimum atomic E-state index is -3.77. The SMILES string of the molecule is Cc1ccc(S(=O)(=O)Nc2ccc(Br)c(F)c2)c(Br)c1. The molecule has 2 aromatic rings. The van der Waals surface area contributed by atoms with Crippen molar-refractivity contribution < 1.29 is 12.8 Å². The van der Waals surface area contributed by atoms with Crippen molar-refractivity contribution >= 4 is 47.6 Å². The van der Waals surface area contributed by atoms with Crippen LogP contribution in [0.4, 0.5) is 10.1 Å². The summed E-state index contributed by atoms with van der Waals surface area (Å²) < 4.78 is 41.0. The second-order valence-electron chi connectivity index (χ2n) is 4.17. The van der Waals surface area contributed by atoms with Gasteiger partial charge in [-0.15, -0.1) is 0 Å². The molecule has 2 rings (SSSR count). The molecule has 0 unspecified atom stereocenters. The highest BCUT2D eigenvalue weighted by molar-refractivity contribution is 9.10. The predicted molar refractivity (Wildman–Crippen MR) is 83.8 cm³/mol. The summed E-state index contributed by atoms with van der Waals surface area (Å²) in [6.07, 6.45) is 0. The molecular formula is C13H10Br2FNO2S. The van der Waals surface area contributed by atoms with E-state index in [1.807, 2.05) is 6.92 Å². The number of hydrogen-bond acceptors (Lipinski definition) is 2. The van der Waals surface area contributed by atoms with Crippen molar-refractivity contribution in [1.82, 2.24) is 0 Å². The van der Waals surface area contributed by atoms with Gasteiger partial charge in [0.25, 0.3) is 10.0 Å². The minimum Gasteiger partial charge on any atom is -0.279 e. The number of rotatable bonds is 3. The molecule has 0 fully saturated rings. The quantitative estimate of drug-likeness (QED) is 0.793. The van der Waals surface area contributed by atoms with Crippen LogP contribution in [0.1, 0.15) is 5.56 Å². The highest BCUT2D eigenvalue weighted by Gasteiger charge is 2.18. The van der Waals surface area contributed by atoms with E-state index in [4.69, 9.17) is 0 Å². The maximum Gasteiger partial charge on any atom is 0.263 e. The third-order valence-corrected chi connectivity index (χ3v) is 5.55. The van der Waals surface area contributed by atoms with Crippen LogP contribution in [0.3, 0.4) is 0 Å². The van der Waals surface area contributed by atoms with Crippen molar-refractivity contribution in [3.05, 3.63) is 56.7 Å². The summed E-state index contributed by atoms with van der Waals surface area (Å²) in [7, 11) is -3.77. The molecule has 3 nitrogen and oxygen atoms in total. The molecule has 0 radical (unpaired) electrons. The Labute approximate surface area is 133 Å². The zero-order valence-corrected chi connectivity index (χ0v) is 14.3. The smallest absolute Gasteiger partial charge is 0.263 e. The van der Waals surface area contributed by atoms with Gasteiger partial charge in [-0.25, -0.2) is 12.8 Å². The van der Waals surface area contributed by atoms with Crippen LogP contribution in [0.2, 0.25) is 0 Å². The van der Waals surface area contributed by atoms with E-state index in [0.29, 0.717) is 4.47 Å². The van der Waals surface area contributed by atoms with Crippen LogP contribution >= 0.6 is 31.9 Å². The molecule has 0 spiro atoms. The Morgan fingerprint density at radius 3 is 2.35 bits per heavy atom. The lowest BCUT2D eigenvalue weighted by Gasteiger charge is -2.10. The van der Waals surface area contributed by atoms with Gasteiger partial charge >= 0.3 is 0 Å². The van der Waals surface area contributed by atoms with Crippen molar-refractivity contribution in [2.45, 2.75) is 11.8 Å². The summed E-state index contributed by atoms with van der Waals surface area (Å²) in [5.74, 6) is -0.534. The molecule has 0 saturated carbocycles. The molecule has 0 bridgehead atoms. The van der Waals surface area contributed by atoms with E-state index in [1.165, 1.54) is 18.2 Å². The molecule has 2 aromatic carbocycles. The molecule has 0 aliphatic rings. The maximum absolute atomic E-state index is 13.4. The number of halogens is 3. The Hall–Kier alpha value is -0.920. The van der Waals surface area contributed by atoms with Crippen molar-refractivity contribution in [1.29, 1.82) is 0 Å². The average Bonchev–Trinajstić information content (AvgIpc) is 2.33. The van der Waals surface area contributed by atoms with Gasteiger partial charge in [0, 0.05) is 4.47 Å². The minimum absolute atomic E-state index is 0.103. The van der Waals surface area contributed by atoms with Gasteiger partial charge in [-0.1, -0.05) is 6.07 Å². The Morgan fingerprint density at radius 1 is 1.05 bits per heavy atom. The van der Waals surface area contributed by atoms with E-state index < -0.39 is 15.8 Å². The first-order valence-corrected chi connectivity index (χ1v) is 8.60. The van der Waals surface area contributed by atoms with Crippen molar-refractivity contribution in [2.24, 2.45) is 0 Å². The van der Waals surface area contributed by atoms with Crippen LogP contribution in [-0.2, 0) is 10.0 Å². The molecule has 7 heteroatoms. The Morgan fingerprint density at radius 2 is 1.75 bits per heavy atom. The molecule has 1 N–H and O–H groups in total. The summed E-state index contributed by atoms with van der Waals surface area (Å²) in [5.41, 5.74) is 1.10. The largest absolute Gasteiger partial charge is 0.279 e. The topological polar surface area (TPSA) is 46.2 Å². The van der Waals surface area contributed by atoms with Crippen LogP contribution in [0.5, 0.6) is 0 Å². The van der Waals surface area contributed by atoms with Gasteiger partial charge in [0.15, 0.2) is 0 Å². The zero-order chi connectivity index (χ0) is 14.9. The monoisotopic (exact) mass is 421 g/mol. The number of sulfonamides is 1. The van der Waals surface area contributed by atoms with Gasteiger partial charge in [-0.05, 0) is 74.7 Å². The lowest BCUT2D eigenvalue weighted by Crippen LogP contribution is -2.13. The van der Waals surface area contributed by atoms with E-state index >= 15 is 0 Å². The summed E-state index contributed by atoms with van der Waals surface area (Å²) in [5, 5.41) is 0. The van der Waals surface area contributed by atoms with Crippen molar-refractivity contribution in [3.63, 3.8) is 0 Å². The van der Waals surface area contributed by atoms with E-state index in [9.17, 15) is 12.8 Å². The van der Waals surface area contributed by atoms with Gasteiger partial charge in [-0.2, -0.15) is 0 Å². The number of nitrogens with one attached hydrogen (secondary N) is 1. The molecule has 0 aromatic heterocycles. The molecule has 0 aliphatic carbocycles. The lowest BCUT2D eigenvalue weighted by molar-refractivity contribution is 0.600. The Balaban J connectivity index is 2.38. The van der Waals surface area contributed by atoms with Crippen LogP contribution in [-0.4, -0.2) is 8.42 Å². The Kier molecular flexibility index (Phi) is 4.51. The van der Waals surface area contributed by atoms with E-state index in [2.05, 4.69) is 36.6 Å². The Bertz CT molecular complexity index is 763. The highest BCUT2D eigenvalue weighted by atomic mass is 79.9. The van der Waals surface area contributed by atoms with E-state index in [0.717, 1.165) is 11.6 Å². The fourth-order valence-corrected chi connectivity index (χ4v) is 4.08. The first-order valence-electron chi connectivity index (χ1n) is 5.53. The van der Waals surface area contributed by atoms with Gasteiger partial charge in [0.05, 0.1) is 10.2 Å². The lowest BCUT2D eigenvalue weighted by atomic mass is 10.2.